The molecule has 9 rings (SSSR count). The quantitative estimate of drug-likeness (QED) is 0.0796. The van der Waals surface area contributed by atoms with E-state index in [-0.39, 0.29) is 0 Å². The molecule has 0 saturated heterocycles. The van der Waals surface area contributed by atoms with Crippen LogP contribution in [-0.4, -0.2) is 25.9 Å². The molecule has 69 heavy (non-hydrogen) atoms. The summed E-state index contributed by atoms with van der Waals surface area (Å²) in [4.78, 5) is 25.4. The Morgan fingerprint density at radius 1 is 0.304 bits per heavy atom. The maximum atomic E-state index is 15.8. The van der Waals surface area contributed by atoms with Gasteiger partial charge in [0.05, 0.1) is 44.7 Å². The molecule has 5 heterocycles. The van der Waals surface area contributed by atoms with Crippen molar-refractivity contribution in [3.8, 4) is 50.4 Å². The topological polar surface area (TPSA) is 83.7 Å². The van der Waals surface area contributed by atoms with Crippen molar-refractivity contribution in [2.24, 2.45) is 0 Å². The maximum Gasteiger partial charge on any atom is 0.364 e. The fraction of sp³-hybridized carbons (Fsp3) is 0. The lowest BCUT2D eigenvalue weighted by Gasteiger charge is -2.11. The van der Waals surface area contributed by atoms with Crippen molar-refractivity contribution in [3.05, 3.63) is 158 Å². The summed E-state index contributed by atoms with van der Waals surface area (Å²) in [6.45, 7) is 0. The first kappa shape index (κ1) is 45.9. The number of rotatable bonds is 4. The first-order chi connectivity index (χ1) is 32.5. The van der Waals surface area contributed by atoms with Crippen LogP contribution < -0.4 is 4.74 Å². The number of H-pyrrole nitrogens is 2. The van der Waals surface area contributed by atoms with Gasteiger partial charge in [0, 0.05) is 33.2 Å². The van der Waals surface area contributed by atoms with Crippen molar-refractivity contribution < 1.29 is 97.3 Å². The predicted octanol–water partition coefficient (Wildman–Crippen LogP) is 13.2. The van der Waals surface area contributed by atoms with Crippen LogP contribution in [0.3, 0.4) is 0 Å². The third-order valence-corrected chi connectivity index (χ3v) is 10.5. The molecule has 2 aliphatic rings. The molecule has 3 aromatic heterocycles. The van der Waals surface area contributed by atoms with Crippen molar-refractivity contribution in [1.82, 2.24) is 19.9 Å². The second kappa shape index (κ2) is 16.0. The Morgan fingerprint density at radius 3 is 0.870 bits per heavy atom. The SMILES string of the molecule is O=C1Oc2nc1c(-c1c(F)c(F)c(F)c(F)c1F)c1ccc([nH]1)c(-c1c(F)c(F)c(F)c(F)c1F)c1nc(c(-c3c(F)c(F)c(F)c(F)c3F)c3ccc([nH]3)c2-c2c(F)c(F)c(F)c(F)c2F)C=C1. The largest absolute Gasteiger partial charge is 0.402 e. The van der Waals surface area contributed by atoms with Crippen LogP contribution in [0.25, 0.3) is 78.7 Å². The minimum atomic E-state index is -2.82. The van der Waals surface area contributed by atoms with Crippen molar-refractivity contribution in [1.29, 1.82) is 0 Å². The van der Waals surface area contributed by atoms with Gasteiger partial charge < -0.3 is 14.7 Å². The average molecular weight is 993 g/mol. The van der Waals surface area contributed by atoms with Crippen molar-refractivity contribution in [3.63, 3.8) is 0 Å². The van der Waals surface area contributed by atoms with Crippen LogP contribution >= 0.6 is 0 Å². The van der Waals surface area contributed by atoms with Gasteiger partial charge in [-0.2, -0.15) is 0 Å². The number of fused-ring (bicyclic) bond motifs is 8. The lowest BCUT2D eigenvalue weighted by molar-refractivity contribution is 0.0755. The summed E-state index contributed by atoms with van der Waals surface area (Å²) in [6.07, 6.45) is 1.08. The maximum absolute atomic E-state index is 15.8. The highest BCUT2D eigenvalue weighted by molar-refractivity contribution is 6.05. The van der Waals surface area contributed by atoms with Gasteiger partial charge in [0.25, 0.3) is 0 Å². The number of ether oxygens (including phenoxy) is 1. The van der Waals surface area contributed by atoms with Gasteiger partial charge in [-0.25, -0.2) is 103 Å². The van der Waals surface area contributed by atoms with E-state index in [4.69, 9.17) is 4.74 Å². The third-order valence-electron chi connectivity index (χ3n) is 10.5. The lowest BCUT2D eigenvalue weighted by atomic mass is 10.0. The van der Waals surface area contributed by atoms with E-state index in [1.165, 1.54) is 0 Å². The summed E-state index contributed by atoms with van der Waals surface area (Å²) in [5.74, 6) is -58.4. The monoisotopic (exact) mass is 992 g/mol. The zero-order valence-corrected chi connectivity index (χ0v) is 32.2. The second-order valence-electron chi connectivity index (χ2n) is 14.2. The van der Waals surface area contributed by atoms with Crippen LogP contribution in [0.15, 0.2) is 24.3 Å². The zero-order valence-electron chi connectivity index (χ0n) is 32.2. The van der Waals surface area contributed by atoms with Crippen LogP contribution in [0.1, 0.15) is 21.9 Å². The van der Waals surface area contributed by atoms with Crippen molar-refractivity contribution in [2.75, 3.05) is 0 Å². The summed E-state index contributed by atoms with van der Waals surface area (Å²) < 4.78 is 308. The molecule has 26 heteroatoms. The molecule has 8 bridgehead atoms. The van der Waals surface area contributed by atoms with Gasteiger partial charge in [0.1, 0.15) is 0 Å². The number of nitrogens with zero attached hydrogens (tertiary/aromatic N) is 2. The molecule has 2 N–H and O–H groups in total. The Morgan fingerprint density at radius 2 is 0.551 bits per heavy atom. The fourth-order valence-electron chi connectivity index (χ4n) is 7.42. The van der Waals surface area contributed by atoms with Gasteiger partial charge >= 0.3 is 5.97 Å². The van der Waals surface area contributed by atoms with Gasteiger partial charge in [-0.05, 0) is 36.4 Å². The molecule has 7 aromatic rings. The summed E-state index contributed by atoms with van der Waals surface area (Å²) in [5.41, 5.74) is -22.6. The minimum Gasteiger partial charge on any atom is -0.402 e. The number of halogens is 20. The second-order valence-corrected chi connectivity index (χ2v) is 14.2. The Balaban J connectivity index is 1.61. The number of nitrogens with one attached hydrogen (secondary N) is 2. The molecule has 4 aromatic carbocycles. The molecule has 0 spiro atoms. The van der Waals surface area contributed by atoms with Crippen LogP contribution in [0.5, 0.6) is 5.88 Å². The third kappa shape index (κ3) is 6.54. The Bertz CT molecular complexity index is 3640. The normalized spacial score (nSPS) is 12.4. The highest BCUT2D eigenvalue weighted by atomic mass is 19.2. The molecule has 0 saturated carbocycles. The molecule has 352 valence electrons. The predicted molar refractivity (Wildman–Crippen MR) is 196 cm³/mol. The first-order valence-electron chi connectivity index (χ1n) is 18.3. The van der Waals surface area contributed by atoms with E-state index in [0.717, 1.165) is 0 Å². The molecule has 0 aliphatic carbocycles. The Labute approximate surface area is 365 Å². The van der Waals surface area contributed by atoms with E-state index >= 15 is 35.1 Å². The van der Waals surface area contributed by atoms with Crippen LogP contribution in [0.2, 0.25) is 0 Å². The molecular weight excluding hydrogens is 984 g/mol. The summed E-state index contributed by atoms with van der Waals surface area (Å²) in [6, 6.07) is 1.96. The Hall–Kier alpha value is -8.19. The van der Waals surface area contributed by atoms with Gasteiger partial charge in [-0.3, -0.25) is 0 Å². The average Bonchev–Trinajstić information content (AvgIpc) is 4.18. The van der Waals surface area contributed by atoms with Gasteiger partial charge in [-0.1, -0.05) is 0 Å². The van der Waals surface area contributed by atoms with Crippen LogP contribution in [0, 0.1) is 116 Å². The van der Waals surface area contributed by atoms with E-state index in [1.807, 2.05) is 0 Å². The van der Waals surface area contributed by atoms with Gasteiger partial charge in [-0.15, -0.1) is 0 Å². The number of aromatic nitrogens is 4. The molecule has 0 radical (unpaired) electrons. The van der Waals surface area contributed by atoms with E-state index in [0.29, 0.717) is 36.4 Å². The standard InChI is InChI=1S/C43H8F20N4O2/c44-21-17(22(45)30(53)37(60)29(21)52)13-7-1-2-8(64-7)14(18-23(46)31(54)38(61)32(55)24(18)47)10-4-6-12(66-10)16(20-27(50)35(58)40(63)36(59)28(20)51)42-67-41(43(68)69-42)15(11-5-3-9(13)65-11)19-25(48)33(56)39(62)34(57)26(19)49/h1-6,65-66H. The number of hydrogen-bond acceptors (Lipinski definition) is 4. The number of carbonyl (C=O) groups is 1. The molecular formula is C43H8F20N4O2. The smallest absolute Gasteiger partial charge is 0.364 e. The van der Waals surface area contributed by atoms with Crippen molar-refractivity contribution in [2.45, 2.75) is 0 Å². The van der Waals surface area contributed by atoms with E-state index < -0.39 is 212 Å². The van der Waals surface area contributed by atoms with E-state index in [1.54, 1.807) is 0 Å². The van der Waals surface area contributed by atoms with Crippen LogP contribution in [-0.2, 0) is 0 Å². The molecule has 0 atom stereocenters. The van der Waals surface area contributed by atoms with Crippen LogP contribution in [0.4, 0.5) is 87.8 Å². The fourth-order valence-corrected chi connectivity index (χ4v) is 7.42. The minimum absolute atomic E-state index is 0.461. The molecule has 6 nitrogen and oxygen atoms in total. The molecule has 0 amide bonds. The number of esters is 1. The highest BCUT2D eigenvalue weighted by Gasteiger charge is 2.38. The molecule has 2 aliphatic heterocycles. The zero-order chi connectivity index (χ0) is 50.1. The van der Waals surface area contributed by atoms with Crippen molar-refractivity contribution >= 4 is 40.2 Å². The molecule has 0 fully saturated rings. The highest BCUT2D eigenvalue weighted by Crippen LogP contribution is 2.45. The van der Waals surface area contributed by atoms with Gasteiger partial charge in [0.15, 0.2) is 98.8 Å². The number of hydrogen-bond donors (Lipinski definition) is 2. The van der Waals surface area contributed by atoms with E-state index in [2.05, 4.69) is 19.9 Å². The Kier molecular flexibility index (Phi) is 10.6. The number of aromatic amines is 2. The number of carbonyl (C=O) groups excluding carboxylic acids is 1. The summed E-state index contributed by atoms with van der Waals surface area (Å²) in [7, 11) is 0. The van der Waals surface area contributed by atoms with E-state index in [9.17, 15) is 57.5 Å². The lowest BCUT2D eigenvalue weighted by Crippen LogP contribution is -2.09. The number of benzene rings is 4. The van der Waals surface area contributed by atoms with Gasteiger partial charge in [0.2, 0.25) is 29.1 Å². The first-order valence-corrected chi connectivity index (χ1v) is 18.3. The summed E-state index contributed by atoms with van der Waals surface area (Å²) in [5, 5.41) is 0. The summed E-state index contributed by atoms with van der Waals surface area (Å²) >= 11 is 0. The molecule has 0 unspecified atom stereocenters.